The van der Waals surface area contributed by atoms with E-state index in [-0.39, 0.29) is 24.2 Å². The van der Waals surface area contributed by atoms with Gasteiger partial charge in [0.15, 0.2) is 0 Å². The van der Waals surface area contributed by atoms with Crippen molar-refractivity contribution in [1.29, 1.82) is 0 Å². The molecule has 82 valence electrons. The van der Waals surface area contributed by atoms with Gasteiger partial charge in [0, 0.05) is 25.3 Å². The van der Waals surface area contributed by atoms with Gasteiger partial charge in [-0.3, -0.25) is 4.79 Å². The van der Waals surface area contributed by atoms with Gasteiger partial charge in [-0.2, -0.15) is 0 Å². The van der Waals surface area contributed by atoms with Gasteiger partial charge >= 0.3 is 0 Å². The summed E-state index contributed by atoms with van der Waals surface area (Å²) >= 11 is 0. The first kappa shape index (κ1) is 11.4. The minimum Gasteiger partial charge on any atom is -0.355 e. The van der Waals surface area contributed by atoms with E-state index >= 15 is 0 Å². The average Bonchev–Trinajstić information content (AvgIpc) is 1.94. The molecule has 0 aliphatic heterocycles. The van der Waals surface area contributed by atoms with Crippen LogP contribution < -0.4 is 5.32 Å². The maximum atomic E-state index is 12.4. The summed E-state index contributed by atoms with van der Waals surface area (Å²) in [6.45, 7) is 6.50. The van der Waals surface area contributed by atoms with Crippen molar-refractivity contribution in [2.75, 3.05) is 6.54 Å². The molecule has 0 spiro atoms. The van der Waals surface area contributed by atoms with E-state index in [0.717, 1.165) is 0 Å². The Morgan fingerprint density at radius 2 is 1.93 bits per heavy atom. The van der Waals surface area contributed by atoms with Crippen molar-refractivity contribution in [2.45, 2.75) is 39.5 Å². The lowest BCUT2D eigenvalue weighted by Gasteiger charge is -2.34. The molecule has 0 unspecified atom stereocenters. The molecule has 1 N–H and O–H groups in total. The Bertz CT molecular complexity index is 225. The van der Waals surface area contributed by atoms with Crippen molar-refractivity contribution < 1.29 is 13.6 Å². The largest absolute Gasteiger partial charge is 0.355 e. The normalized spacial score (nSPS) is 21.5. The van der Waals surface area contributed by atoms with Gasteiger partial charge in [0.25, 0.3) is 0 Å². The van der Waals surface area contributed by atoms with Crippen LogP contribution in [-0.2, 0) is 4.79 Å². The van der Waals surface area contributed by atoms with E-state index in [0.29, 0.717) is 6.54 Å². The lowest BCUT2D eigenvalue weighted by atomic mass is 9.80. The third-order valence-electron chi connectivity index (χ3n) is 2.25. The Kier molecular flexibility index (Phi) is 2.83. The van der Waals surface area contributed by atoms with Crippen LogP contribution in [0.15, 0.2) is 0 Å². The highest BCUT2D eigenvalue weighted by Crippen LogP contribution is 2.42. The van der Waals surface area contributed by atoms with E-state index in [4.69, 9.17) is 0 Å². The minimum atomic E-state index is -2.61. The molecule has 14 heavy (non-hydrogen) atoms. The number of halogens is 2. The van der Waals surface area contributed by atoms with Crippen LogP contribution in [-0.4, -0.2) is 18.4 Å². The van der Waals surface area contributed by atoms with Gasteiger partial charge in [-0.25, -0.2) is 8.78 Å². The van der Waals surface area contributed by atoms with Crippen LogP contribution in [0, 0.1) is 11.3 Å². The molecule has 0 aromatic heterocycles. The predicted molar refractivity (Wildman–Crippen MR) is 50.1 cm³/mol. The highest BCUT2D eigenvalue weighted by molar-refractivity contribution is 5.79. The first-order valence-electron chi connectivity index (χ1n) is 4.85. The molecule has 1 amide bonds. The molecule has 1 saturated carbocycles. The van der Waals surface area contributed by atoms with Gasteiger partial charge in [0.2, 0.25) is 11.8 Å². The van der Waals surface area contributed by atoms with Gasteiger partial charge < -0.3 is 5.32 Å². The number of amides is 1. The zero-order valence-electron chi connectivity index (χ0n) is 8.86. The molecular weight excluding hydrogens is 188 g/mol. The summed E-state index contributed by atoms with van der Waals surface area (Å²) in [5.74, 6) is -3.32. The molecule has 0 aromatic rings. The van der Waals surface area contributed by atoms with Crippen LogP contribution in [0.4, 0.5) is 8.78 Å². The van der Waals surface area contributed by atoms with E-state index in [1.54, 1.807) is 0 Å². The maximum Gasteiger partial charge on any atom is 0.249 e. The number of hydrogen-bond acceptors (Lipinski definition) is 1. The smallest absolute Gasteiger partial charge is 0.249 e. The summed E-state index contributed by atoms with van der Waals surface area (Å²) in [5.41, 5.74) is 0.00191. The van der Waals surface area contributed by atoms with E-state index < -0.39 is 11.8 Å². The monoisotopic (exact) mass is 205 g/mol. The van der Waals surface area contributed by atoms with Crippen molar-refractivity contribution >= 4 is 5.91 Å². The third-order valence-corrected chi connectivity index (χ3v) is 2.25. The Balaban J connectivity index is 2.25. The van der Waals surface area contributed by atoms with Crippen LogP contribution in [0.5, 0.6) is 0 Å². The molecule has 2 nitrogen and oxygen atoms in total. The van der Waals surface area contributed by atoms with Crippen molar-refractivity contribution in [3.8, 4) is 0 Å². The van der Waals surface area contributed by atoms with Crippen LogP contribution in [0.1, 0.15) is 33.6 Å². The second kappa shape index (κ2) is 3.48. The van der Waals surface area contributed by atoms with Crippen molar-refractivity contribution in [1.82, 2.24) is 5.32 Å². The van der Waals surface area contributed by atoms with Gasteiger partial charge in [-0.15, -0.1) is 0 Å². The molecule has 0 bridgehead atoms. The fraction of sp³-hybridized carbons (Fsp3) is 0.900. The fourth-order valence-electron chi connectivity index (χ4n) is 1.34. The number of alkyl halides is 2. The Labute approximate surface area is 83.1 Å². The minimum absolute atomic E-state index is 0.00191. The number of hydrogen-bond donors (Lipinski definition) is 1. The van der Waals surface area contributed by atoms with Gasteiger partial charge in [0.05, 0.1) is 0 Å². The summed E-state index contributed by atoms with van der Waals surface area (Å²) in [6, 6.07) is 0. The molecule has 0 atom stereocenters. The topological polar surface area (TPSA) is 29.1 Å². The Hall–Kier alpha value is -0.670. The molecular formula is C10H17F2NO. The second-order valence-electron chi connectivity index (χ2n) is 5.24. The summed E-state index contributed by atoms with van der Waals surface area (Å²) in [5, 5.41) is 2.69. The van der Waals surface area contributed by atoms with Crippen molar-refractivity contribution in [2.24, 2.45) is 11.3 Å². The zero-order chi connectivity index (χ0) is 11.0. The van der Waals surface area contributed by atoms with Gasteiger partial charge in [0.1, 0.15) is 0 Å². The third kappa shape index (κ3) is 3.24. The van der Waals surface area contributed by atoms with Gasteiger partial charge in [-0.05, 0) is 5.41 Å². The Morgan fingerprint density at radius 3 is 2.29 bits per heavy atom. The summed E-state index contributed by atoms with van der Waals surface area (Å²) in [4.78, 5) is 11.3. The zero-order valence-corrected chi connectivity index (χ0v) is 8.86. The first-order valence-corrected chi connectivity index (χ1v) is 4.85. The number of carbonyl (C=O) groups excluding carboxylic acids is 1. The molecule has 0 heterocycles. The fourth-order valence-corrected chi connectivity index (χ4v) is 1.34. The molecule has 1 rings (SSSR count). The molecule has 0 radical (unpaired) electrons. The quantitative estimate of drug-likeness (QED) is 0.735. The van der Waals surface area contributed by atoms with Crippen LogP contribution >= 0.6 is 0 Å². The lowest BCUT2D eigenvalue weighted by molar-refractivity contribution is -0.150. The van der Waals surface area contributed by atoms with E-state index in [2.05, 4.69) is 5.32 Å². The predicted octanol–water partition coefficient (Wildman–Crippen LogP) is 2.19. The first-order chi connectivity index (χ1) is 6.20. The van der Waals surface area contributed by atoms with E-state index in [9.17, 15) is 13.6 Å². The lowest BCUT2D eigenvalue weighted by Crippen LogP contribution is -2.46. The van der Waals surface area contributed by atoms with Gasteiger partial charge in [-0.1, -0.05) is 20.8 Å². The highest BCUT2D eigenvalue weighted by atomic mass is 19.3. The number of nitrogens with one attached hydrogen (secondary N) is 1. The summed E-state index contributed by atoms with van der Waals surface area (Å²) in [7, 11) is 0. The van der Waals surface area contributed by atoms with E-state index in [1.807, 2.05) is 20.8 Å². The van der Waals surface area contributed by atoms with Crippen molar-refractivity contribution in [3.05, 3.63) is 0 Å². The summed E-state index contributed by atoms with van der Waals surface area (Å²) in [6.07, 6.45) is -0.577. The maximum absolute atomic E-state index is 12.4. The molecule has 1 aliphatic rings. The molecule has 0 saturated heterocycles. The van der Waals surface area contributed by atoms with Crippen LogP contribution in [0.25, 0.3) is 0 Å². The molecule has 0 aromatic carbocycles. The van der Waals surface area contributed by atoms with Crippen molar-refractivity contribution in [3.63, 3.8) is 0 Å². The Morgan fingerprint density at radius 1 is 1.43 bits per heavy atom. The molecule has 1 aliphatic carbocycles. The highest BCUT2D eigenvalue weighted by Gasteiger charge is 2.48. The van der Waals surface area contributed by atoms with Crippen LogP contribution in [0.2, 0.25) is 0 Å². The standard InChI is InChI=1S/C10H17F2NO/c1-9(2,3)6-13-8(14)7-4-10(11,12)5-7/h7H,4-6H2,1-3H3,(H,13,14). The number of carbonyl (C=O) groups is 1. The average molecular weight is 205 g/mol. The SMILES string of the molecule is CC(C)(C)CNC(=O)C1CC(F)(F)C1. The molecule has 1 fully saturated rings. The summed E-state index contributed by atoms with van der Waals surface area (Å²) < 4.78 is 24.9. The number of rotatable bonds is 2. The second-order valence-corrected chi connectivity index (χ2v) is 5.24. The van der Waals surface area contributed by atoms with Crippen LogP contribution in [0.3, 0.4) is 0 Å². The molecule has 4 heteroatoms. The van der Waals surface area contributed by atoms with E-state index in [1.165, 1.54) is 0 Å².